The molecule has 1 saturated heterocycles. The highest BCUT2D eigenvalue weighted by Crippen LogP contribution is 2.24. The summed E-state index contributed by atoms with van der Waals surface area (Å²) >= 11 is 5.91. The summed E-state index contributed by atoms with van der Waals surface area (Å²) in [7, 11) is 0. The number of halogens is 1. The minimum atomic E-state index is -0.648. The number of benzene rings is 3. The van der Waals surface area contributed by atoms with Gasteiger partial charge in [0.25, 0.3) is 0 Å². The van der Waals surface area contributed by atoms with Gasteiger partial charge in [-0.2, -0.15) is 0 Å². The Morgan fingerprint density at radius 3 is 2.22 bits per heavy atom. The molecule has 3 aromatic carbocycles. The van der Waals surface area contributed by atoms with E-state index < -0.39 is 6.04 Å². The van der Waals surface area contributed by atoms with Gasteiger partial charge in [-0.1, -0.05) is 41.9 Å². The van der Waals surface area contributed by atoms with E-state index in [1.165, 1.54) is 12.8 Å². The van der Waals surface area contributed by atoms with Crippen LogP contribution in [0.15, 0.2) is 78.9 Å². The van der Waals surface area contributed by atoms with E-state index in [1.54, 1.807) is 24.3 Å². The Morgan fingerprint density at radius 2 is 1.54 bits per heavy atom. The number of nitrogens with zero attached hydrogens (tertiary/aromatic N) is 1. The third-order valence-corrected chi connectivity index (χ3v) is 6.47. The lowest BCUT2D eigenvalue weighted by Crippen LogP contribution is -2.50. The predicted molar refractivity (Wildman–Crippen MR) is 147 cm³/mol. The number of carbonyl (C=O) groups is 2. The van der Waals surface area contributed by atoms with Gasteiger partial charge in [-0.15, -0.1) is 0 Å². The molecule has 1 aliphatic heterocycles. The summed E-state index contributed by atoms with van der Waals surface area (Å²) in [6.45, 7) is 3.61. The average Bonchev–Trinajstić information content (AvgIpc) is 3.43. The molecule has 0 spiro atoms. The van der Waals surface area contributed by atoms with E-state index in [0.29, 0.717) is 29.5 Å². The molecule has 1 aliphatic rings. The Balaban J connectivity index is 1.27. The van der Waals surface area contributed by atoms with Gasteiger partial charge in [0, 0.05) is 30.2 Å². The molecule has 0 aromatic heterocycles. The van der Waals surface area contributed by atoms with E-state index in [-0.39, 0.29) is 18.4 Å². The molecule has 1 heterocycles. The van der Waals surface area contributed by atoms with E-state index in [2.05, 4.69) is 20.9 Å². The molecule has 2 amide bonds. The zero-order valence-corrected chi connectivity index (χ0v) is 21.5. The van der Waals surface area contributed by atoms with Crippen molar-refractivity contribution in [3.63, 3.8) is 0 Å². The van der Waals surface area contributed by atoms with Gasteiger partial charge in [0.15, 0.2) is 0 Å². The third kappa shape index (κ3) is 8.81. The molecule has 0 unspecified atom stereocenters. The topological polar surface area (TPSA) is 82.7 Å². The second-order valence-electron chi connectivity index (χ2n) is 9.08. The van der Waals surface area contributed by atoms with Crippen LogP contribution >= 0.6 is 11.6 Å². The number of rotatable bonds is 12. The fraction of sp³-hybridized carbons (Fsp3) is 0.310. The smallest absolute Gasteiger partial charge is 0.242 e. The van der Waals surface area contributed by atoms with Crippen LogP contribution in [0.2, 0.25) is 5.02 Å². The Kier molecular flexibility index (Phi) is 9.80. The van der Waals surface area contributed by atoms with Gasteiger partial charge in [-0.3, -0.25) is 9.59 Å². The summed E-state index contributed by atoms with van der Waals surface area (Å²) in [5.41, 5.74) is 1.76. The molecule has 0 saturated carbocycles. The fourth-order valence-electron chi connectivity index (χ4n) is 4.23. The summed E-state index contributed by atoms with van der Waals surface area (Å²) in [4.78, 5) is 28.0. The largest absolute Gasteiger partial charge is 0.457 e. The number of amides is 2. The summed E-state index contributed by atoms with van der Waals surface area (Å²) in [5.74, 6) is 0.940. The lowest BCUT2D eigenvalue weighted by Gasteiger charge is -2.20. The van der Waals surface area contributed by atoms with Crippen molar-refractivity contribution >= 4 is 29.1 Å². The first-order valence-electron chi connectivity index (χ1n) is 12.7. The first-order chi connectivity index (χ1) is 18.0. The van der Waals surface area contributed by atoms with Crippen molar-refractivity contribution < 1.29 is 14.3 Å². The third-order valence-electron chi connectivity index (χ3n) is 6.22. The molecule has 8 heteroatoms. The molecule has 7 nitrogen and oxygen atoms in total. The number of nitrogens with one attached hydrogen (secondary N) is 3. The zero-order valence-electron chi connectivity index (χ0n) is 20.8. The molecule has 3 N–H and O–H groups in total. The van der Waals surface area contributed by atoms with Crippen molar-refractivity contribution in [3.05, 3.63) is 89.4 Å². The minimum Gasteiger partial charge on any atom is -0.457 e. The van der Waals surface area contributed by atoms with Gasteiger partial charge in [0.2, 0.25) is 11.8 Å². The minimum absolute atomic E-state index is 0.0454. The molecule has 0 aliphatic carbocycles. The van der Waals surface area contributed by atoms with Crippen LogP contribution in [0.4, 0.5) is 5.69 Å². The highest BCUT2D eigenvalue weighted by Gasteiger charge is 2.21. The Morgan fingerprint density at radius 1 is 0.892 bits per heavy atom. The van der Waals surface area contributed by atoms with Gasteiger partial charge < -0.3 is 25.6 Å². The number of hydrogen-bond donors (Lipinski definition) is 3. The Bertz CT molecular complexity index is 1130. The highest BCUT2D eigenvalue weighted by molar-refractivity contribution is 6.30. The number of likely N-dealkylation sites (tertiary alicyclic amines) is 1. The van der Waals surface area contributed by atoms with E-state index in [4.69, 9.17) is 16.3 Å². The Labute approximate surface area is 223 Å². The first kappa shape index (κ1) is 26.5. The van der Waals surface area contributed by atoms with Crippen molar-refractivity contribution in [2.75, 3.05) is 38.0 Å². The quantitative estimate of drug-likeness (QED) is 0.328. The number of carbonyl (C=O) groups excluding carboxylic acids is 2. The normalized spacial score (nSPS) is 14.1. The van der Waals surface area contributed by atoms with Gasteiger partial charge in [-0.25, -0.2) is 0 Å². The van der Waals surface area contributed by atoms with Crippen molar-refractivity contribution in [3.8, 4) is 11.5 Å². The summed E-state index contributed by atoms with van der Waals surface area (Å²) in [5, 5.41) is 9.66. The van der Waals surface area contributed by atoms with Crippen LogP contribution < -0.4 is 20.7 Å². The van der Waals surface area contributed by atoms with Crippen molar-refractivity contribution in [2.45, 2.75) is 25.3 Å². The van der Waals surface area contributed by atoms with Crippen LogP contribution in [0.1, 0.15) is 18.4 Å². The molecule has 1 atom stereocenters. The summed E-state index contributed by atoms with van der Waals surface area (Å²) in [6.07, 6.45) is 2.86. The lowest BCUT2D eigenvalue weighted by atomic mass is 10.1. The summed E-state index contributed by atoms with van der Waals surface area (Å²) in [6, 6.07) is 23.5. The van der Waals surface area contributed by atoms with E-state index in [1.807, 2.05) is 54.6 Å². The van der Waals surface area contributed by atoms with Gasteiger partial charge in [-0.05, 0) is 80.0 Å². The molecule has 3 aromatic rings. The number of ether oxygens (including phenoxy) is 1. The second-order valence-corrected chi connectivity index (χ2v) is 9.52. The van der Waals surface area contributed by atoms with Gasteiger partial charge in [0.1, 0.15) is 17.5 Å². The average molecular weight is 521 g/mol. The molecule has 4 rings (SSSR count). The van der Waals surface area contributed by atoms with Crippen molar-refractivity contribution in [1.29, 1.82) is 0 Å². The molecule has 0 bridgehead atoms. The second kappa shape index (κ2) is 13.7. The number of hydrogen-bond acceptors (Lipinski definition) is 5. The zero-order chi connectivity index (χ0) is 25.9. The van der Waals surface area contributed by atoms with Gasteiger partial charge >= 0.3 is 0 Å². The first-order valence-corrected chi connectivity index (χ1v) is 13.0. The van der Waals surface area contributed by atoms with Crippen LogP contribution in [0.5, 0.6) is 11.5 Å². The molecule has 194 valence electrons. The van der Waals surface area contributed by atoms with Crippen LogP contribution in [0, 0.1) is 0 Å². The van der Waals surface area contributed by atoms with Crippen molar-refractivity contribution in [1.82, 2.24) is 15.5 Å². The molecule has 1 fully saturated rings. The fourth-order valence-corrected chi connectivity index (χ4v) is 4.36. The van der Waals surface area contributed by atoms with E-state index in [0.717, 1.165) is 30.9 Å². The van der Waals surface area contributed by atoms with Crippen LogP contribution in [0.25, 0.3) is 0 Å². The van der Waals surface area contributed by atoms with Gasteiger partial charge in [0.05, 0.1) is 6.54 Å². The van der Waals surface area contributed by atoms with Crippen LogP contribution in [-0.2, 0) is 16.0 Å². The molecular weight excluding hydrogens is 488 g/mol. The standard InChI is InChI=1S/C29H33ClN4O3/c30-23-8-12-25(13-9-23)37-26-14-10-24(11-15-26)32-21-28(35)33-27(20-22-6-2-1-3-7-22)29(36)31-16-19-34-17-4-5-18-34/h1-3,6-15,27,32H,4-5,16-21H2,(H,31,36)(H,33,35)/t27-/m0/s1. The van der Waals surface area contributed by atoms with Crippen LogP contribution in [0.3, 0.4) is 0 Å². The molecule has 37 heavy (non-hydrogen) atoms. The van der Waals surface area contributed by atoms with E-state index >= 15 is 0 Å². The van der Waals surface area contributed by atoms with Crippen LogP contribution in [-0.4, -0.2) is 55.5 Å². The predicted octanol–water partition coefficient (Wildman–Crippen LogP) is 4.48. The number of anilines is 1. The molecular formula is C29H33ClN4O3. The lowest BCUT2D eigenvalue weighted by molar-refractivity contribution is -0.128. The monoisotopic (exact) mass is 520 g/mol. The van der Waals surface area contributed by atoms with Crippen molar-refractivity contribution in [2.24, 2.45) is 0 Å². The molecule has 0 radical (unpaired) electrons. The SMILES string of the molecule is O=C(CNc1ccc(Oc2ccc(Cl)cc2)cc1)N[C@@H](Cc1ccccc1)C(=O)NCCN1CCCC1. The maximum absolute atomic E-state index is 13.0. The maximum atomic E-state index is 13.0. The Hall–Kier alpha value is -3.55. The summed E-state index contributed by atoms with van der Waals surface area (Å²) < 4.78 is 5.80. The highest BCUT2D eigenvalue weighted by atomic mass is 35.5. The van der Waals surface area contributed by atoms with E-state index in [9.17, 15) is 9.59 Å². The maximum Gasteiger partial charge on any atom is 0.242 e.